The van der Waals surface area contributed by atoms with Gasteiger partial charge in [-0.05, 0) is 130 Å². The second-order valence-corrected chi connectivity index (χ2v) is 14.4. The lowest BCUT2D eigenvalue weighted by atomic mass is 9.48. The van der Waals surface area contributed by atoms with Gasteiger partial charge in [-0.3, -0.25) is 19.6 Å². The molecule has 8 heteroatoms. The van der Waals surface area contributed by atoms with Crippen LogP contribution in [0.1, 0.15) is 60.9 Å². The molecule has 4 saturated carbocycles. The Bertz CT molecular complexity index is 1780. The fourth-order valence-corrected chi connectivity index (χ4v) is 9.07. The van der Waals surface area contributed by atoms with E-state index in [2.05, 4.69) is 39.1 Å². The van der Waals surface area contributed by atoms with Gasteiger partial charge in [-0.15, -0.1) is 0 Å². The number of H-pyrrole nitrogens is 1. The highest BCUT2D eigenvalue weighted by Crippen LogP contribution is 2.60. The zero-order chi connectivity index (χ0) is 29.1. The summed E-state index contributed by atoms with van der Waals surface area (Å²) in [5.41, 5.74) is 5.70. The molecular formula is C34H36N4O3S. The Morgan fingerprint density at radius 1 is 0.857 bits per heavy atom. The average molecular weight is 581 g/mol. The number of aliphatic imine (C=N–C) groups is 1. The van der Waals surface area contributed by atoms with Crippen molar-refractivity contribution in [2.75, 3.05) is 4.72 Å². The Hall–Kier alpha value is -3.91. The number of aromatic nitrogens is 2. The summed E-state index contributed by atoms with van der Waals surface area (Å²) < 4.78 is 29.7. The van der Waals surface area contributed by atoms with Gasteiger partial charge in [0.2, 0.25) is 0 Å². The lowest BCUT2D eigenvalue weighted by Gasteiger charge is -2.57. The number of nitrogens with zero attached hydrogens (tertiary/aromatic N) is 2. The van der Waals surface area contributed by atoms with Crippen LogP contribution in [-0.2, 0) is 15.4 Å². The Labute approximate surface area is 246 Å². The van der Waals surface area contributed by atoms with Crippen molar-refractivity contribution in [1.82, 2.24) is 9.78 Å². The molecule has 4 fully saturated rings. The maximum absolute atomic E-state index is 13.4. The van der Waals surface area contributed by atoms with Gasteiger partial charge < -0.3 is 0 Å². The SMILES string of the molecule is Cc1ccc(NS(=O)(=O)c2ccc(N=Cc3c(C)[nH]n(-c4ccc(C56CC7CC(CC(C7)C5)C6)cc4)c3=O)cc2)cc1. The number of sulfonamides is 1. The highest BCUT2D eigenvalue weighted by molar-refractivity contribution is 7.92. The number of rotatable bonds is 7. The molecule has 4 aliphatic carbocycles. The van der Waals surface area contributed by atoms with Gasteiger partial charge in [-0.2, -0.15) is 0 Å². The van der Waals surface area contributed by atoms with Gasteiger partial charge in [0.1, 0.15) is 0 Å². The summed E-state index contributed by atoms with van der Waals surface area (Å²) in [6, 6.07) is 22.1. The number of hydrogen-bond donors (Lipinski definition) is 2. The van der Waals surface area contributed by atoms with Crippen LogP contribution in [0, 0.1) is 31.6 Å². The van der Waals surface area contributed by atoms with Crippen LogP contribution < -0.4 is 10.3 Å². The molecule has 4 aromatic rings. The number of aryl methyl sites for hydroxylation is 2. The fraction of sp³-hybridized carbons (Fsp3) is 0.353. The molecular weight excluding hydrogens is 544 g/mol. The van der Waals surface area contributed by atoms with Crippen LogP contribution in [0.5, 0.6) is 0 Å². The van der Waals surface area contributed by atoms with E-state index in [1.807, 2.05) is 26.0 Å². The van der Waals surface area contributed by atoms with Crippen molar-refractivity contribution in [3.05, 3.63) is 106 Å². The standard InChI is InChI=1S/C34H36N4O3S/c1-22-3-7-29(8-4-22)37-42(40,41)31-13-9-28(10-14-31)35-21-32-23(2)36-38(33(32)39)30-11-5-27(6-12-30)34-18-24-15-25(19-34)17-26(16-24)20-34/h3-14,21,24-26,36-37H,15-20H2,1-2H3. The van der Waals surface area contributed by atoms with Crippen LogP contribution >= 0.6 is 0 Å². The summed E-state index contributed by atoms with van der Waals surface area (Å²) >= 11 is 0. The van der Waals surface area contributed by atoms with E-state index in [0.29, 0.717) is 22.4 Å². The number of anilines is 1. The molecule has 3 aromatic carbocycles. The topological polar surface area (TPSA) is 96.3 Å². The summed E-state index contributed by atoms with van der Waals surface area (Å²) in [7, 11) is -3.73. The van der Waals surface area contributed by atoms with Crippen LogP contribution in [0.15, 0.2) is 87.5 Å². The Morgan fingerprint density at radius 3 is 2.05 bits per heavy atom. The monoisotopic (exact) mass is 580 g/mol. The normalized spacial score (nSPS) is 24.9. The van der Waals surface area contributed by atoms with Crippen LogP contribution in [0.3, 0.4) is 0 Å². The van der Waals surface area contributed by atoms with Crippen molar-refractivity contribution >= 4 is 27.6 Å². The molecule has 0 radical (unpaired) electrons. The molecule has 216 valence electrons. The summed E-state index contributed by atoms with van der Waals surface area (Å²) in [6.45, 7) is 3.80. The van der Waals surface area contributed by atoms with E-state index in [1.54, 1.807) is 35.2 Å². The number of hydrogen-bond acceptors (Lipinski definition) is 4. The van der Waals surface area contributed by atoms with Crippen molar-refractivity contribution in [2.45, 2.75) is 62.7 Å². The first-order valence-electron chi connectivity index (χ1n) is 14.8. The predicted molar refractivity (Wildman–Crippen MR) is 167 cm³/mol. The van der Waals surface area contributed by atoms with Gasteiger partial charge in [0.15, 0.2) is 0 Å². The number of benzene rings is 3. The Kier molecular flexibility index (Phi) is 6.50. The highest BCUT2D eigenvalue weighted by Gasteiger charge is 2.51. The molecule has 7 nitrogen and oxygen atoms in total. The maximum Gasteiger partial charge on any atom is 0.280 e. The van der Waals surface area contributed by atoms with Crippen LogP contribution in [-0.4, -0.2) is 24.4 Å². The van der Waals surface area contributed by atoms with Crippen LogP contribution in [0.25, 0.3) is 5.69 Å². The molecule has 42 heavy (non-hydrogen) atoms. The zero-order valence-electron chi connectivity index (χ0n) is 24.0. The molecule has 0 saturated heterocycles. The third-order valence-corrected chi connectivity index (χ3v) is 11.1. The van der Waals surface area contributed by atoms with Crippen molar-refractivity contribution in [2.24, 2.45) is 22.7 Å². The molecule has 0 aliphatic heterocycles. The van der Waals surface area contributed by atoms with E-state index in [-0.39, 0.29) is 10.5 Å². The number of nitrogens with one attached hydrogen (secondary N) is 2. The Balaban J connectivity index is 1.07. The number of aromatic amines is 1. The third kappa shape index (κ3) is 4.91. The van der Waals surface area contributed by atoms with Gasteiger partial charge in [0.05, 0.1) is 21.8 Å². The van der Waals surface area contributed by atoms with E-state index in [1.165, 1.54) is 56.2 Å². The minimum absolute atomic E-state index is 0.138. The molecule has 1 aromatic heterocycles. The first-order valence-corrected chi connectivity index (χ1v) is 16.3. The summed E-state index contributed by atoms with van der Waals surface area (Å²) in [4.78, 5) is 18.0. The van der Waals surface area contributed by atoms with Crippen LogP contribution in [0.2, 0.25) is 0 Å². The maximum atomic E-state index is 13.4. The average Bonchev–Trinajstić information content (AvgIpc) is 3.25. The van der Waals surface area contributed by atoms with E-state index in [9.17, 15) is 13.2 Å². The van der Waals surface area contributed by atoms with E-state index in [4.69, 9.17) is 0 Å². The lowest BCUT2D eigenvalue weighted by molar-refractivity contribution is -0.00518. The molecule has 2 N–H and O–H groups in total. The molecule has 4 bridgehead atoms. The van der Waals surface area contributed by atoms with Crippen molar-refractivity contribution in [3.63, 3.8) is 0 Å². The van der Waals surface area contributed by atoms with Gasteiger partial charge in [0.25, 0.3) is 15.6 Å². The molecule has 4 aliphatic rings. The Morgan fingerprint density at radius 2 is 1.45 bits per heavy atom. The minimum Gasteiger partial charge on any atom is -0.295 e. The smallest absolute Gasteiger partial charge is 0.280 e. The van der Waals surface area contributed by atoms with Crippen LogP contribution in [0.4, 0.5) is 11.4 Å². The first-order chi connectivity index (χ1) is 20.2. The van der Waals surface area contributed by atoms with E-state index >= 15 is 0 Å². The minimum atomic E-state index is -3.73. The third-order valence-electron chi connectivity index (χ3n) is 9.69. The fourth-order valence-electron chi connectivity index (χ4n) is 8.01. The molecule has 1 heterocycles. The second kappa shape index (κ2) is 10.1. The molecule has 0 atom stereocenters. The highest BCUT2D eigenvalue weighted by atomic mass is 32.2. The predicted octanol–water partition coefficient (Wildman–Crippen LogP) is 6.80. The quantitative estimate of drug-likeness (QED) is 0.235. The summed E-state index contributed by atoms with van der Waals surface area (Å²) in [5.74, 6) is 2.67. The van der Waals surface area contributed by atoms with Crippen molar-refractivity contribution in [3.8, 4) is 5.69 Å². The van der Waals surface area contributed by atoms with Crippen molar-refractivity contribution < 1.29 is 8.42 Å². The van der Waals surface area contributed by atoms with Crippen molar-refractivity contribution in [1.29, 1.82) is 0 Å². The van der Waals surface area contributed by atoms with Gasteiger partial charge in [-0.1, -0.05) is 29.8 Å². The summed E-state index contributed by atoms with van der Waals surface area (Å²) in [5, 5.41) is 3.20. The van der Waals surface area contributed by atoms with E-state index in [0.717, 1.165) is 34.7 Å². The molecule has 0 unspecified atom stereocenters. The largest absolute Gasteiger partial charge is 0.295 e. The molecule has 0 spiro atoms. The second-order valence-electron chi connectivity index (χ2n) is 12.8. The first kappa shape index (κ1) is 27.0. The molecule has 0 amide bonds. The van der Waals surface area contributed by atoms with E-state index < -0.39 is 10.0 Å². The molecule has 8 rings (SSSR count). The van der Waals surface area contributed by atoms with Gasteiger partial charge in [-0.25, -0.2) is 13.1 Å². The zero-order valence-corrected chi connectivity index (χ0v) is 24.8. The van der Waals surface area contributed by atoms with Gasteiger partial charge >= 0.3 is 0 Å². The lowest BCUT2D eigenvalue weighted by Crippen LogP contribution is -2.48. The van der Waals surface area contributed by atoms with Gasteiger partial charge in [0, 0.05) is 17.6 Å². The summed E-state index contributed by atoms with van der Waals surface area (Å²) in [6.07, 6.45) is 9.76.